The van der Waals surface area contributed by atoms with Crippen LogP contribution in [0.15, 0.2) is 49.2 Å². The van der Waals surface area contributed by atoms with Gasteiger partial charge in [-0.05, 0) is 61.7 Å². The van der Waals surface area contributed by atoms with Gasteiger partial charge in [0.25, 0.3) is 0 Å². The number of aromatic nitrogens is 3. The fourth-order valence-corrected chi connectivity index (χ4v) is 4.63. The van der Waals surface area contributed by atoms with E-state index in [2.05, 4.69) is 44.5 Å². The van der Waals surface area contributed by atoms with Gasteiger partial charge < -0.3 is 14.9 Å². The Hall–Kier alpha value is -2.60. The van der Waals surface area contributed by atoms with Gasteiger partial charge in [-0.1, -0.05) is 18.2 Å². The van der Waals surface area contributed by atoms with E-state index >= 15 is 0 Å². The number of nitrogens with one attached hydrogen (secondary N) is 2. The molecule has 1 saturated carbocycles. The molecule has 1 aliphatic carbocycles. The molecule has 0 atom stereocenters. The van der Waals surface area contributed by atoms with Gasteiger partial charge in [0.15, 0.2) is 0 Å². The van der Waals surface area contributed by atoms with Crippen LogP contribution in [0.1, 0.15) is 31.2 Å². The van der Waals surface area contributed by atoms with E-state index in [1.807, 2.05) is 17.0 Å². The molecule has 0 radical (unpaired) electrons. The van der Waals surface area contributed by atoms with E-state index in [0.29, 0.717) is 5.92 Å². The maximum absolute atomic E-state index is 12.7. The first-order valence-electron chi connectivity index (χ1n) is 10.7. The van der Waals surface area contributed by atoms with Crippen molar-refractivity contribution in [2.24, 2.45) is 11.3 Å². The molecular formula is C23H29N5O. The smallest absolute Gasteiger partial charge is 0.228 e. The lowest BCUT2D eigenvalue weighted by molar-refractivity contribution is -0.127. The largest absolute Gasteiger partial charge is 0.361 e. The van der Waals surface area contributed by atoms with Crippen molar-refractivity contribution in [3.63, 3.8) is 0 Å². The predicted molar refractivity (Wildman–Crippen MR) is 113 cm³/mol. The first kappa shape index (κ1) is 18.4. The Morgan fingerprint density at radius 2 is 2.10 bits per heavy atom. The highest BCUT2D eigenvalue weighted by Gasteiger charge is 2.49. The number of hydrogen-bond acceptors (Lipinski definition) is 3. The van der Waals surface area contributed by atoms with Crippen LogP contribution in [0, 0.1) is 11.3 Å². The van der Waals surface area contributed by atoms with Gasteiger partial charge in [-0.2, -0.15) is 0 Å². The van der Waals surface area contributed by atoms with Crippen molar-refractivity contribution in [3.8, 4) is 0 Å². The number of para-hydroxylation sites is 1. The Bertz CT molecular complexity index is 964. The van der Waals surface area contributed by atoms with Crippen molar-refractivity contribution < 1.29 is 4.79 Å². The van der Waals surface area contributed by atoms with Gasteiger partial charge in [0.2, 0.25) is 5.91 Å². The lowest BCUT2D eigenvalue weighted by Gasteiger charge is -2.32. The Balaban J connectivity index is 1.09. The third-order valence-electron chi connectivity index (χ3n) is 6.71. The molecule has 2 N–H and O–H groups in total. The van der Waals surface area contributed by atoms with Crippen molar-refractivity contribution in [1.82, 2.24) is 24.8 Å². The number of hydrogen-bond donors (Lipinski definition) is 2. The molecule has 6 nitrogen and oxygen atoms in total. The van der Waals surface area contributed by atoms with Crippen molar-refractivity contribution in [3.05, 3.63) is 54.7 Å². The van der Waals surface area contributed by atoms with Gasteiger partial charge in [-0.3, -0.25) is 9.69 Å². The molecule has 1 aliphatic heterocycles. The zero-order valence-corrected chi connectivity index (χ0v) is 16.8. The number of nitrogens with zero attached hydrogens (tertiary/aromatic N) is 3. The third-order valence-corrected chi connectivity index (χ3v) is 6.71. The summed E-state index contributed by atoms with van der Waals surface area (Å²) in [6.45, 7) is 4.74. The molecular weight excluding hydrogens is 362 g/mol. The van der Waals surface area contributed by atoms with Gasteiger partial charge in [0, 0.05) is 43.7 Å². The van der Waals surface area contributed by atoms with Crippen LogP contribution in [-0.2, 0) is 17.9 Å². The second-order valence-electron chi connectivity index (χ2n) is 8.80. The van der Waals surface area contributed by atoms with Gasteiger partial charge in [-0.25, -0.2) is 4.98 Å². The Labute approximate surface area is 171 Å². The average Bonchev–Trinajstić information content (AvgIpc) is 3.13. The van der Waals surface area contributed by atoms with E-state index in [9.17, 15) is 4.79 Å². The molecule has 6 heteroatoms. The first-order valence-corrected chi connectivity index (χ1v) is 10.7. The van der Waals surface area contributed by atoms with Crippen molar-refractivity contribution in [2.45, 2.75) is 38.8 Å². The minimum Gasteiger partial charge on any atom is -0.361 e. The van der Waals surface area contributed by atoms with Crippen LogP contribution in [0.4, 0.5) is 0 Å². The maximum atomic E-state index is 12.7. The quantitative estimate of drug-likeness (QED) is 0.650. The summed E-state index contributed by atoms with van der Waals surface area (Å²) in [5.74, 6) is 0.813. The Morgan fingerprint density at radius 3 is 2.86 bits per heavy atom. The van der Waals surface area contributed by atoms with Crippen molar-refractivity contribution in [2.75, 3.05) is 19.6 Å². The summed E-state index contributed by atoms with van der Waals surface area (Å²) < 4.78 is 2.02. The Kier molecular flexibility index (Phi) is 4.87. The van der Waals surface area contributed by atoms with Crippen LogP contribution >= 0.6 is 0 Å². The van der Waals surface area contributed by atoms with Crippen LogP contribution in [0.5, 0.6) is 0 Å². The molecule has 1 amide bonds. The second kappa shape index (κ2) is 7.67. The van der Waals surface area contributed by atoms with Crippen LogP contribution in [-0.4, -0.2) is 45.0 Å². The Morgan fingerprint density at radius 1 is 1.24 bits per heavy atom. The normalized spacial score (nSPS) is 19.4. The fraction of sp³-hybridized carbons (Fsp3) is 0.478. The standard InChI is InChI=1S/C23H29N5O/c29-22(23(7-8-23)16-28-13-10-24-17-28)26-14-18-5-11-27(12-6-18)15-20-3-1-2-19-4-9-25-21(19)20/h1-4,9-10,13,17-18,25H,5-8,11-12,14-16H2,(H,26,29). The number of likely N-dealkylation sites (tertiary alicyclic amines) is 1. The average molecular weight is 392 g/mol. The molecule has 3 aromatic rings. The molecule has 0 bridgehead atoms. The highest BCUT2D eigenvalue weighted by Crippen LogP contribution is 2.47. The number of imidazole rings is 1. The molecule has 29 heavy (non-hydrogen) atoms. The molecule has 1 saturated heterocycles. The SMILES string of the molecule is O=C(NCC1CCN(Cc2cccc3cc[nH]c23)CC1)C1(Cn2ccnc2)CC1. The summed E-state index contributed by atoms with van der Waals surface area (Å²) in [5.41, 5.74) is 2.43. The van der Waals surface area contributed by atoms with Gasteiger partial charge in [0.05, 0.1) is 11.7 Å². The minimum absolute atomic E-state index is 0.198. The van der Waals surface area contributed by atoms with E-state index < -0.39 is 0 Å². The summed E-state index contributed by atoms with van der Waals surface area (Å²) in [7, 11) is 0. The van der Waals surface area contributed by atoms with Crippen LogP contribution in [0.3, 0.4) is 0 Å². The maximum Gasteiger partial charge on any atom is 0.228 e. The van der Waals surface area contributed by atoms with Gasteiger partial charge >= 0.3 is 0 Å². The number of aromatic amines is 1. The highest BCUT2D eigenvalue weighted by molar-refractivity contribution is 5.85. The number of piperidine rings is 1. The topological polar surface area (TPSA) is 66.0 Å². The number of H-pyrrole nitrogens is 1. The molecule has 5 rings (SSSR count). The molecule has 2 aromatic heterocycles. The van der Waals surface area contributed by atoms with Crippen LogP contribution in [0.2, 0.25) is 0 Å². The van der Waals surface area contributed by atoms with E-state index in [4.69, 9.17) is 0 Å². The number of amides is 1. The number of carbonyl (C=O) groups is 1. The van der Waals surface area contributed by atoms with Gasteiger partial charge in [0.1, 0.15) is 0 Å². The lowest BCUT2D eigenvalue weighted by Crippen LogP contribution is -2.41. The fourth-order valence-electron chi connectivity index (χ4n) is 4.63. The zero-order chi connectivity index (χ0) is 19.7. The van der Waals surface area contributed by atoms with E-state index in [0.717, 1.165) is 58.4 Å². The first-order chi connectivity index (χ1) is 14.2. The molecule has 2 aliphatic rings. The number of carbonyl (C=O) groups excluding carboxylic acids is 1. The summed E-state index contributed by atoms with van der Waals surface area (Å²) in [4.78, 5) is 22.7. The second-order valence-corrected chi connectivity index (χ2v) is 8.80. The number of rotatable bonds is 7. The summed E-state index contributed by atoms with van der Waals surface area (Å²) in [6.07, 6.45) is 11.8. The van der Waals surface area contributed by atoms with Crippen LogP contribution in [0.25, 0.3) is 10.9 Å². The summed E-state index contributed by atoms with van der Waals surface area (Å²) >= 11 is 0. The van der Waals surface area contributed by atoms with Crippen molar-refractivity contribution >= 4 is 16.8 Å². The molecule has 1 aromatic carbocycles. The molecule has 3 heterocycles. The molecule has 0 unspecified atom stereocenters. The zero-order valence-electron chi connectivity index (χ0n) is 16.8. The lowest BCUT2D eigenvalue weighted by atomic mass is 9.95. The molecule has 2 fully saturated rings. The third kappa shape index (κ3) is 3.94. The predicted octanol–water partition coefficient (Wildman–Crippen LogP) is 3.17. The minimum atomic E-state index is -0.198. The number of benzene rings is 1. The van der Waals surface area contributed by atoms with E-state index in [-0.39, 0.29) is 11.3 Å². The number of fused-ring (bicyclic) bond motifs is 1. The molecule has 152 valence electrons. The highest BCUT2D eigenvalue weighted by atomic mass is 16.2. The van der Waals surface area contributed by atoms with E-state index in [1.54, 1.807) is 12.5 Å². The van der Waals surface area contributed by atoms with Crippen molar-refractivity contribution in [1.29, 1.82) is 0 Å². The van der Waals surface area contributed by atoms with E-state index in [1.165, 1.54) is 16.5 Å². The summed E-state index contributed by atoms with van der Waals surface area (Å²) in [6, 6.07) is 8.66. The molecule has 0 spiro atoms. The van der Waals surface area contributed by atoms with Gasteiger partial charge in [-0.15, -0.1) is 0 Å². The monoisotopic (exact) mass is 391 g/mol. The summed E-state index contributed by atoms with van der Waals surface area (Å²) in [5, 5.41) is 4.54. The van der Waals surface area contributed by atoms with Crippen LogP contribution < -0.4 is 5.32 Å².